The maximum atomic E-state index is 5.94. The number of hydrogen-bond acceptors (Lipinski definition) is 3. The highest BCUT2D eigenvalue weighted by atomic mass is 79.9. The Morgan fingerprint density at radius 1 is 1.44 bits per heavy atom. The van der Waals surface area contributed by atoms with E-state index < -0.39 is 0 Å². The van der Waals surface area contributed by atoms with Gasteiger partial charge in [0.25, 0.3) is 0 Å². The SMILES string of the molecule is Cc1nc(-c2cc(Cl)ccc2Br)c(N)n1N. The zero-order valence-corrected chi connectivity index (χ0v) is 10.9. The minimum absolute atomic E-state index is 0.417. The molecule has 16 heavy (non-hydrogen) atoms. The lowest BCUT2D eigenvalue weighted by molar-refractivity contribution is 0.937. The van der Waals surface area contributed by atoms with E-state index in [2.05, 4.69) is 20.9 Å². The first kappa shape index (κ1) is 11.3. The van der Waals surface area contributed by atoms with Crippen molar-refractivity contribution < 1.29 is 0 Å². The number of nitrogens with two attached hydrogens (primary N) is 2. The molecule has 4 nitrogen and oxygen atoms in total. The van der Waals surface area contributed by atoms with E-state index in [1.54, 1.807) is 19.1 Å². The highest BCUT2D eigenvalue weighted by molar-refractivity contribution is 9.10. The molecule has 0 fully saturated rings. The number of aromatic nitrogens is 2. The molecule has 0 aliphatic heterocycles. The van der Waals surface area contributed by atoms with E-state index in [0.717, 1.165) is 10.0 Å². The zero-order chi connectivity index (χ0) is 11.9. The van der Waals surface area contributed by atoms with Gasteiger partial charge in [-0.1, -0.05) is 27.5 Å². The van der Waals surface area contributed by atoms with Gasteiger partial charge in [-0.25, -0.2) is 9.66 Å². The fourth-order valence-electron chi connectivity index (χ4n) is 1.44. The second-order valence-corrected chi connectivity index (χ2v) is 4.68. The van der Waals surface area contributed by atoms with Crippen LogP contribution < -0.4 is 11.6 Å². The van der Waals surface area contributed by atoms with Gasteiger partial charge < -0.3 is 11.6 Å². The Balaban J connectivity index is 2.67. The van der Waals surface area contributed by atoms with Crippen LogP contribution in [0, 0.1) is 6.92 Å². The highest BCUT2D eigenvalue weighted by Gasteiger charge is 2.14. The van der Waals surface area contributed by atoms with Crippen LogP contribution in [0.2, 0.25) is 5.02 Å². The minimum Gasteiger partial charge on any atom is -0.382 e. The summed E-state index contributed by atoms with van der Waals surface area (Å²) in [6.45, 7) is 1.79. The number of benzene rings is 1. The van der Waals surface area contributed by atoms with E-state index in [4.69, 9.17) is 23.2 Å². The van der Waals surface area contributed by atoms with Gasteiger partial charge in [0.05, 0.1) is 0 Å². The molecule has 2 aromatic rings. The topological polar surface area (TPSA) is 69.9 Å². The molecule has 0 spiro atoms. The number of nitrogen functional groups attached to an aromatic ring is 2. The maximum Gasteiger partial charge on any atom is 0.150 e. The Bertz CT molecular complexity index is 550. The van der Waals surface area contributed by atoms with E-state index in [1.165, 1.54) is 4.68 Å². The molecule has 1 aromatic carbocycles. The first-order chi connectivity index (χ1) is 7.50. The lowest BCUT2D eigenvalue weighted by atomic mass is 10.1. The van der Waals surface area contributed by atoms with E-state index >= 15 is 0 Å². The Morgan fingerprint density at radius 3 is 2.69 bits per heavy atom. The molecule has 1 aromatic heterocycles. The molecule has 0 saturated heterocycles. The first-order valence-electron chi connectivity index (χ1n) is 4.56. The zero-order valence-electron chi connectivity index (χ0n) is 8.54. The molecule has 2 rings (SSSR count). The van der Waals surface area contributed by atoms with Crippen LogP contribution in [0.1, 0.15) is 5.82 Å². The molecule has 0 aliphatic carbocycles. The number of aryl methyl sites for hydroxylation is 1. The summed E-state index contributed by atoms with van der Waals surface area (Å²) in [5.74, 6) is 6.78. The monoisotopic (exact) mass is 300 g/mol. The van der Waals surface area contributed by atoms with Crippen molar-refractivity contribution in [2.24, 2.45) is 0 Å². The molecular weight excluding hydrogens is 291 g/mol. The Labute approximate surface area is 106 Å². The van der Waals surface area contributed by atoms with Gasteiger partial charge in [-0.2, -0.15) is 0 Å². The highest BCUT2D eigenvalue weighted by Crippen LogP contribution is 2.33. The van der Waals surface area contributed by atoms with Crippen molar-refractivity contribution in [1.29, 1.82) is 0 Å². The number of anilines is 1. The van der Waals surface area contributed by atoms with Gasteiger partial charge in [0, 0.05) is 15.1 Å². The van der Waals surface area contributed by atoms with Gasteiger partial charge in [0.1, 0.15) is 11.5 Å². The molecule has 0 radical (unpaired) electrons. The quantitative estimate of drug-likeness (QED) is 0.795. The van der Waals surface area contributed by atoms with Crippen LogP contribution in [0.4, 0.5) is 5.82 Å². The van der Waals surface area contributed by atoms with Crippen molar-refractivity contribution in [1.82, 2.24) is 9.66 Å². The third-order valence-electron chi connectivity index (χ3n) is 2.31. The normalized spacial score (nSPS) is 10.7. The molecule has 6 heteroatoms. The number of nitrogens with zero attached hydrogens (tertiary/aromatic N) is 2. The van der Waals surface area contributed by atoms with E-state index in [-0.39, 0.29) is 0 Å². The van der Waals surface area contributed by atoms with Gasteiger partial charge in [-0.3, -0.25) is 0 Å². The van der Waals surface area contributed by atoms with Gasteiger partial charge in [-0.15, -0.1) is 0 Å². The van der Waals surface area contributed by atoms with Crippen molar-refractivity contribution in [2.45, 2.75) is 6.92 Å². The number of halogens is 2. The number of hydrogen-bond donors (Lipinski definition) is 2. The summed E-state index contributed by atoms with van der Waals surface area (Å²) in [6.07, 6.45) is 0. The van der Waals surface area contributed by atoms with Crippen LogP contribution in [0.3, 0.4) is 0 Å². The van der Waals surface area contributed by atoms with Crippen molar-refractivity contribution in [3.05, 3.63) is 33.5 Å². The number of imidazole rings is 1. The van der Waals surface area contributed by atoms with Crippen LogP contribution in [0.5, 0.6) is 0 Å². The summed E-state index contributed by atoms with van der Waals surface area (Å²) in [6, 6.07) is 5.43. The van der Waals surface area contributed by atoms with E-state index in [9.17, 15) is 0 Å². The van der Waals surface area contributed by atoms with E-state index in [0.29, 0.717) is 22.4 Å². The first-order valence-corrected chi connectivity index (χ1v) is 5.73. The van der Waals surface area contributed by atoms with Crippen LogP contribution in [-0.2, 0) is 0 Å². The number of rotatable bonds is 1. The molecular formula is C10H10BrClN4. The fourth-order valence-corrected chi connectivity index (χ4v) is 2.05. The van der Waals surface area contributed by atoms with E-state index in [1.807, 2.05) is 6.07 Å². The predicted molar refractivity (Wildman–Crippen MR) is 69.7 cm³/mol. The van der Waals surface area contributed by atoms with Crippen LogP contribution in [0.25, 0.3) is 11.3 Å². The molecule has 0 atom stereocenters. The summed E-state index contributed by atoms with van der Waals surface area (Å²) in [7, 11) is 0. The van der Waals surface area contributed by atoms with Crippen LogP contribution >= 0.6 is 27.5 Å². The van der Waals surface area contributed by atoms with Gasteiger partial charge in [-0.05, 0) is 25.1 Å². The molecule has 4 N–H and O–H groups in total. The lowest BCUT2D eigenvalue weighted by Crippen LogP contribution is -2.13. The molecule has 0 unspecified atom stereocenters. The minimum atomic E-state index is 0.417. The summed E-state index contributed by atoms with van der Waals surface area (Å²) in [5, 5.41) is 0.627. The molecule has 1 heterocycles. The average molecular weight is 302 g/mol. The summed E-state index contributed by atoms with van der Waals surface area (Å²) in [5.41, 5.74) is 7.33. The summed E-state index contributed by atoms with van der Waals surface area (Å²) in [4.78, 5) is 4.31. The molecule has 0 bridgehead atoms. The fraction of sp³-hybridized carbons (Fsp3) is 0.100. The molecule has 84 valence electrons. The van der Waals surface area contributed by atoms with Crippen LogP contribution in [-0.4, -0.2) is 9.66 Å². The van der Waals surface area contributed by atoms with Gasteiger partial charge >= 0.3 is 0 Å². The third-order valence-corrected chi connectivity index (χ3v) is 3.23. The Kier molecular flexibility index (Phi) is 2.82. The standard InChI is InChI=1S/C10H10BrClN4/c1-5-15-9(10(13)16(5)14)7-4-6(12)2-3-8(7)11/h2-4H,13-14H2,1H3. The molecule has 0 aliphatic rings. The smallest absolute Gasteiger partial charge is 0.150 e. The summed E-state index contributed by atoms with van der Waals surface area (Å²) < 4.78 is 2.23. The second-order valence-electron chi connectivity index (χ2n) is 3.39. The molecule has 0 saturated carbocycles. The van der Waals surface area contributed by atoms with Gasteiger partial charge in [0.15, 0.2) is 5.82 Å². The maximum absolute atomic E-state index is 5.94. The summed E-state index contributed by atoms with van der Waals surface area (Å²) >= 11 is 9.37. The molecule has 0 amide bonds. The van der Waals surface area contributed by atoms with Crippen molar-refractivity contribution in [3.8, 4) is 11.3 Å². The third kappa shape index (κ3) is 1.76. The van der Waals surface area contributed by atoms with Crippen molar-refractivity contribution >= 4 is 33.3 Å². The lowest BCUT2D eigenvalue weighted by Gasteiger charge is -2.03. The van der Waals surface area contributed by atoms with Crippen molar-refractivity contribution in [3.63, 3.8) is 0 Å². The average Bonchev–Trinajstić information content (AvgIpc) is 2.50. The predicted octanol–water partition coefficient (Wildman–Crippen LogP) is 2.57. The van der Waals surface area contributed by atoms with Crippen LogP contribution in [0.15, 0.2) is 22.7 Å². The Hall–Kier alpha value is -1.20. The van der Waals surface area contributed by atoms with Gasteiger partial charge in [0.2, 0.25) is 0 Å². The Morgan fingerprint density at radius 2 is 2.12 bits per heavy atom. The van der Waals surface area contributed by atoms with Crippen molar-refractivity contribution in [2.75, 3.05) is 11.6 Å². The largest absolute Gasteiger partial charge is 0.382 e. The second kappa shape index (κ2) is 3.99.